The molecule has 0 unspecified atom stereocenters. The highest BCUT2D eigenvalue weighted by Gasteiger charge is 2.45. The van der Waals surface area contributed by atoms with E-state index in [2.05, 4.69) is 20.2 Å². The second kappa shape index (κ2) is 10.5. The van der Waals surface area contributed by atoms with E-state index < -0.39 is 11.8 Å². The normalized spacial score (nSPS) is 12.6. The van der Waals surface area contributed by atoms with Crippen LogP contribution in [0.2, 0.25) is 0 Å². The highest BCUT2D eigenvalue weighted by Crippen LogP contribution is 2.46. The van der Waals surface area contributed by atoms with Crippen LogP contribution in [0.3, 0.4) is 0 Å². The van der Waals surface area contributed by atoms with Crippen molar-refractivity contribution < 1.29 is 19.8 Å². The topological polar surface area (TPSA) is 134 Å². The van der Waals surface area contributed by atoms with Crippen LogP contribution in [0.25, 0.3) is 56.1 Å². The minimum atomic E-state index is -0.594. The molecule has 0 bridgehead atoms. The number of aromatic hydroxyl groups is 2. The lowest BCUT2D eigenvalue weighted by Crippen LogP contribution is -2.41. The highest BCUT2D eigenvalue weighted by molar-refractivity contribution is 6.38. The Labute approximate surface area is 261 Å². The van der Waals surface area contributed by atoms with E-state index in [1.54, 1.807) is 97.3 Å². The predicted molar refractivity (Wildman–Crippen MR) is 172 cm³/mol. The summed E-state index contributed by atoms with van der Waals surface area (Å²) in [5.41, 5.74) is 3.54. The Bertz CT molecular complexity index is 2140. The molecule has 0 fully saturated rings. The van der Waals surface area contributed by atoms with Crippen LogP contribution in [-0.2, 0) is 0 Å². The van der Waals surface area contributed by atoms with Gasteiger partial charge in [0.05, 0.1) is 11.1 Å². The summed E-state index contributed by atoms with van der Waals surface area (Å²) in [6, 6.07) is 31.1. The van der Waals surface area contributed by atoms with Crippen molar-refractivity contribution in [3.8, 4) is 56.8 Å². The molecule has 8 rings (SSSR count). The van der Waals surface area contributed by atoms with Crippen LogP contribution >= 0.6 is 0 Å². The molecule has 0 spiro atoms. The summed E-state index contributed by atoms with van der Waals surface area (Å²) in [5.74, 6) is -0.695. The van der Waals surface area contributed by atoms with Crippen LogP contribution in [0.15, 0.2) is 122 Å². The summed E-state index contributed by atoms with van der Waals surface area (Å²) in [5, 5.41) is 31.5. The van der Waals surface area contributed by atoms with Gasteiger partial charge in [0.15, 0.2) is 0 Å². The predicted octanol–water partition coefficient (Wildman–Crippen LogP) is 6.23. The lowest BCUT2D eigenvalue weighted by Gasteiger charge is -2.19. The number of hydrogen-bond donors (Lipinski definition) is 2. The van der Waals surface area contributed by atoms with Crippen LogP contribution in [0.4, 0.5) is 0 Å². The molecule has 3 aromatic heterocycles. The van der Waals surface area contributed by atoms with Gasteiger partial charge in [-0.05, 0) is 70.4 Å². The van der Waals surface area contributed by atoms with Crippen molar-refractivity contribution in [1.29, 1.82) is 0 Å². The number of imide groups is 1. The van der Waals surface area contributed by atoms with Crippen molar-refractivity contribution in [2.45, 2.75) is 0 Å². The van der Waals surface area contributed by atoms with E-state index in [-0.39, 0.29) is 34.3 Å². The Morgan fingerprint density at radius 2 is 0.891 bits per heavy atom. The Morgan fingerprint density at radius 1 is 0.478 bits per heavy atom. The van der Waals surface area contributed by atoms with Gasteiger partial charge < -0.3 is 10.2 Å². The van der Waals surface area contributed by atoms with Crippen LogP contribution in [-0.4, -0.2) is 46.9 Å². The molecule has 2 N–H and O–H groups in total. The van der Waals surface area contributed by atoms with E-state index in [4.69, 9.17) is 0 Å². The van der Waals surface area contributed by atoms with E-state index in [0.29, 0.717) is 33.6 Å². The molecule has 10 nitrogen and oxygen atoms in total. The molecule has 0 saturated heterocycles. The zero-order valence-electron chi connectivity index (χ0n) is 23.9. The minimum Gasteiger partial charge on any atom is -0.508 e. The van der Waals surface area contributed by atoms with Crippen molar-refractivity contribution in [2.75, 3.05) is 5.01 Å². The summed E-state index contributed by atoms with van der Waals surface area (Å²) < 4.78 is 1.38. The number of pyridine rings is 2. The number of hydrogen-bond acceptors (Lipinski definition) is 8. The Hall–Kier alpha value is -6.68. The first kappa shape index (κ1) is 26.9. The summed E-state index contributed by atoms with van der Waals surface area (Å²) in [6.45, 7) is 0. The number of nitrogens with zero attached hydrogens (tertiary/aromatic N) is 6. The average Bonchev–Trinajstić information content (AvgIpc) is 3.63. The van der Waals surface area contributed by atoms with Gasteiger partial charge in [-0.25, -0.2) is 0 Å². The molecule has 1 aliphatic rings. The standard InChI is InChI=1S/C36H22N6O4/c43-23-15-11-21(12-16-23)29-25-7-1-2-8-26(25)30(22-13-17-24(44)18-14-22)32-31(29)35(45)42(36(32)46)41-33(27-9-3-5-19-37-27)39-40-34(41)28-10-4-6-20-38-28/h1-20,43-44H. The first-order valence-electron chi connectivity index (χ1n) is 14.4. The minimum absolute atomic E-state index is 0.0685. The lowest BCUT2D eigenvalue weighted by atomic mass is 9.84. The maximum atomic E-state index is 14.9. The van der Waals surface area contributed by atoms with Crippen molar-refractivity contribution >= 4 is 22.6 Å². The zero-order chi connectivity index (χ0) is 31.4. The van der Waals surface area contributed by atoms with E-state index >= 15 is 0 Å². The number of phenols is 2. The molecule has 7 aromatic rings. The number of rotatable bonds is 5. The Morgan fingerprint density at radius 3 is 1.28 bits per heavy atom. The van der Waals surface area contributed by atoms with Crippen molar-refractivity contribution in [1.82, 2.24) is 24.8 Å². The monoisotopic (exact) mass is 602 g/mol. The lowest BCUT2D eigenvalue weighted by molar-refractivity contribution is 0.0888. The van der Waals surface area contributed by atoms with Gasteiger partial charge in [-0.2, -0.15) is 9.69 Å². The third-order valence-electron chi connectivity index (χ3n) is 7.97. The maximum absolute atomic E-state index is 14.9. The number of carbonyl (C=O) groups is 2. The molecule has 220 valence electrons. The van der Waals surface area contributed by atoms with Crippen molar-refractivity contribution in [3.05, 3.63) is 133 Å². The second-order valence-electron chi connectivity index (χ2n) is 10.7. The first-order chi connectivity index (χ1) is 22.5. The third kappa shape index (κ3) is 4.12. The number of fused-ring (bicyclic) bond motifs is 2. The van der Waals surface area contributed by atoms with E-state index in [1.165, 1.54) is 4.68 Å². The molecule has 4 heterocycles. The number of carbonyl (C=O) groups excluding carboxylic acids is 2. The molecular formula is C36H22N6O4. The largest absolute Gasteiger partial charge is 0.508 e. The molecule has 0 aliphatic carbocycles. The molecule has 46 heavy (non-hydrogen) atoms. The molecule has 10 heteroatoms. The van der Waals surface area contributed by atoms with E-state index in [9.17, 15) is 19.8 Å². The summed E-state index contributed by atoms with van der Waals surface area (Å²) >= 11 is 0. The number of aromatic nitrogens is 5. The Balaban J connectivity index is 1.47. The van der Waals surface area contributed by atoms with Crippen molar-refractivity contribution in [2.24, 2.45) is 0 Å². The van der Waals surface area contributed by atoms with E-state index in [1.807, 2.05) is 24.3 Å². The second-order valence-corrected chi connectivity index (χ2v) is 10.7. The zero-order valence-corrected chi connectivity index (χ0v) is 23.9. The highest BCUT2D eigenvalue weighted by atomic mass is 16.3. The smallest absolute Gasteiger partial charge is 0.281 e. The fraction of sp³-hybridized carbons (Fsp3) is 0. The molecule has 0 radical (unpaired) electrons. The van der Waals surface area contributed by atoms with Crippen LogP contribution in [0, 0.1) is 0 Å². The summed E-state index contributed by atoms with van der Waals surface area (Å²) in [7, 11) is 0. The van der Waals surface area contributed by atoms with E-state index in [0.717, 1.165) is 15.8 Å². The molecule has 2 amide bonds. The number of benzene rings is 4. The average molecular weight is 603 g/mol. The Kier molecular flexibility index (Phi) is 6.14. The number of amides is 2. The number of phenolic OH excluding ortho intramolecular Hbond substituents is 2. The fourth-order valence-electron chi connectivity index (χ4n) is 5.99. The van der Waals surface area contributed by atoms with Gasteiger partial charge in [0.25, 0.3) is 11.8 Å². The van der Waals surface area contributed by atoms with Gasteiger partial charge in [-0.15, -0.1) is 10.2 Å². The molecular weight excluding hydrogens is 580 g/mol. The third-order valence-corrected chi connectivity index (χ3v) is 7.97. The van der Waals surface area contributed by atoms with Crippen LogP contribution in [0.1, 0.15) is 20.7 Å². The van der Waals surface area contributed by atoms with Gasteiger partial charge in [0.1, 0.15) is 22.9 Å². The van der Waals surface area contributed by atoms with Gasteiger partial charge >= 0.3 is 0 Å². The quantitative estimate of drug-likeness (QED) is 0.221. The first-order valence-corrected chi connectivity index (χ1v) is 14.4. The molecule has 0 saturated carbocycles. The molecule has 0 atom stereocenters. The maximum Gasteiger partial charge on any atom is 0.281 e. The van der Waals surface area contributed by atoms with Gasteiger partial charge in [0, 0.05) is 23.5 Å². The van der Waals surface area contributed by atoms with Crippen LogP contribution < -0.4 is 5.01 Å². The SMILES string of the molecule is O=C1c2c(c(-c3ccc(O)cc3)c3ccccc3c2-c2ccc(O)cc2)C(=O)N1n1c(-c2ccccn2)nnc1-c1ccccn1. The van der Waals surface area contributed by atoms with Crippen LogP contribution in [0.5, 0.6) is 11.5 Å². The molecule has 1 aliphatic heterocycles. The van der Waals surface area contributed by atoms with Gasteiger partial charge in [-0.1, -0.05) is 60.7 Å². The summed E-state index contributed by atoms with van der Waals surface area (Å²) in [6.07, 6.45) is 3.19. The summed E-state index contributed by atoms with van der Waals surface area (Å²) in [4.78, 5) is 38.7. The molecule has 4 aromatic carbocycles. The van der Waals surface area contributed by atoms with Gasteiger partial charge in [-0.3, -0.25) is 19.6 Å². The van der Waals surface area contributed by atoms with Gasteiger partial charge in [0.2, 0.25) is 11.6 Å². The fourth-order valence-corrected chi connectivity index (χ4v) is 5.99. The van der Waals surface area contributed by atoms with Crippen molar-refractivity contribution in [3.63, 3.8) is 0 Å².